The molecule has 0 aliphatic rings. The summed E-state index contributed by atoms with van der Waals surface area (Å²) in [6.07, 6.45) is 3.01. The Morgan fingerprint density at radius 3 is 2.37 bits per heavy atom. The molecular formula is C15H29IN3-. The van der Waals surface area contributed by atoms with Gasteiger partial charge in [-0.1, -0.05) is 27.7 Å². The van der Waals surface area contributed by atoms with Crippen LogP contribution in [-0.2, 0) is 0 Å². The minimum absolute atomic E-state index is 0. The van der Waals surface area contributed by atoms with Gasteiger partial charge in [-0.15, -0.1) is 0 Å². The summed E-state index contributed by atoms with van der Waals surface area (Å²) in [4.78, 5) is 6.71. The first-order valence-corrected chi connectivity index (χ1v) is 7.15. The zero-order valence-electron chi connectivity index (χ0n) is 13.0. The van der Waals surface area contributed by atoms with E-state index in [2.05, 4.69) is 42.0 Å². The number of aryl methyl sites for hydroxylation is 1. The normalized spacial score (nSPS) is 9.37. The maximum absolute atomic E-state index is 4.27. The molecule has 112 valence electrons. The van der Waals surface area contributed by atoms with Crippen LogP contribution in [0.1, 0.15) is 39.7 Å². The molecule has 3 nitrogen and oxygen atoms in total. The fraction of sp³-hybridized carbons (Fsp3) is 0.667. The van der Waals surface area contributed by atoms with Crippen LogP contribution < -0.4 is 29.3 Å². The molecule has 0 fully saturated rings. The van der Waals surface area contributed by atoms with Gasteiger partial charge in [-0.25, -0.2) is 4.98 Å². The van der Waals surface area contributed by atoms with Crippen LogP contribution in [0.3, 0.4) is 0 Å². The molecule has 0 saturated heterocycles. The molecule has 0 atom stereocenters. The fourth-order valence-electron chi connectivity index (χ4n) is 1.69. The Morgan fingerprint density at radius 1 is 1.21 bits per heavy atom. The number of hydrogen-bond acceptors (Lipinski definition) is 3. The van der Waals surface area contributed by atoms with E-state index in [1.807, 2.05) is 26.1 Å². The number of hydrogen-bond donors (Lipinski definition) is 1. The summed E-state index contributed by atoms with van der Waals surface area (Å²) >= 11 is 0. The van der Waals surface area contributed by atoms with E-state index in [-0.39, 0.29) is 24.0 Å². The van der Waals surface area contributed by atoms with Crippen LogP contribution in [0, 0.1) is 6.92 Å². The first kappa shape index (κ1) is 20.9. The van der Waals surface area contributed by atoms with Crippen molar-refractivity contribution in [3.8, 4) is 0 Å². The van der Waals surface area contributed by atoms with Gasteiger partial charge in [0.2, 0.25) is 0 Å². The third kappa shape index (κ3) is 10.1. The van der Waals surface area contributed by atoms with Crippen molar-refractivity contribution in [3.05, 3.63) is 23.9 Å². The number of nitrogens with one attached hydrogen (secondary N) is 1. The van der Waals surface area contributed by atoms with Gasteiger partial charge in [0.1, 0.15) is 5.82 Å². The average Bonchev–Trinajstić information content (AvgIpc) is 2.41. The highest BCUT2D eigenvalue weighted by molar-refractivity contribution is 5.36. The zero-order valence-corrected chi connectivity index (χ0v) is 15.2. The van der Waals surface area contributed by atoms with Gasteiger partial charge in [-0.3, -0.25) is 0 Å². The third-order valence-electron chi connectivity index (χ3n) is 2.77. The van der Waals surface area contributed by atoms with Crippen molar-refractivity contribution >= 4 is 5.82 Å². The van der Waals surface area contributed by atoms with E-state index in [9.17, 15) is 0 Å². The predicted molar refractivity (Wildman–Crippen MR) is 81.2 cm³/mol. The number of aromatic nitrogens is 1. The summed E-state index contributed by atoms with van der Waals surface area (Å²) in [5.74, 6) is 0.986. The molecule has 0 radical (unpaired) electrons. The second-order valence-corrected chi connectivity index (χ2v) is 4.03. The zero-order chi connectivity index (χ0) is 13.8. The molecule has 0 bridgehead atoms. The second kappa shape index (κ2) is 14.1. The lowest BCUT2D eigenvalue weighted by Crippen LogP contribution is -3.00. The Kier molecular flexibility index (Phi) is 15.5. The molecular weight excluding hydrogens is 349 g/mol. The van der Waals surface area contributed by atoms with E-state index in [4.69, 9.17) is 0 Å². The van der Waals surface area contributed by atoms with Crippen molar-refractivity contribution < 1.29 is 24.0 Å². The van der Waals surface area contributed by atoms with Gasteiger partial charge in [0.05, 0.1) is 0 Å². The summed E-state index contributed by atoms with van der Waals surface area (Å²) < 4.78 is 0. The molecule has 0 aliphatic heterocycles. The molecule has 19 heavy (non-hydrogen) atoms. The van der Waals surface area contributed by atoms with Gasteiger partial charge in [0.15, 0.2) is 0 Å². The maximum atomic E-state index is 4.27. The van der Waals surface area contributed by atoms with E-state index in [0.29, 0.717) is 0 Å². The highest BCUT2D eigenvalue weighted by Crippen LogP contribution is 2.04. The monoisotopic (exact) mass is 378 g/mol. The van der Waals surface area contributed by atoms with Crippen LogP contribution in [0.5, 0.6) is 0 Å². The highest BCUT2D eigenvalue weighted by Gasteiger charge is 1.98. The largest absolute Gasteiger partial charge is 1.00 e. The van der Waals surface area contributed by atoms with Crippen LogP contribution in [0.25, 0.3) is 0 Å². The van der Waals surface area contributed by atoms with Crippen molar-refractivity contribution in [1.29, 1.82) is 0 Å². The summed E-state index contributed by atoms with van der Waals surface area (Å²) in [5.41, 5.74) is 1.25. The quantitative estimate of drug-likeness (QED) is 0.555. The van der Waals surface area contributed by atoms with E-state index in [0.717, 1.165) is 38.4 Å². The molecule has 0 aliphatic carbocycles. The molecule has 0 saturated carbocycles. The molecule has 1 rings (SSSR count). The summed E-state index contributed by atoms with van der Waals surface area (Å²) in [5, 5.41) is 3.35. The molecule has 1 heterocycles. The van der Waals surface area contributed by atoms with Crippen molar-refractivity contribution in [2.45, 2.75) is 41.0 Å². The van der Waals surface area contributed by atoms with Gasteiger partial charge < -0.3 is 34.2 Å². The lowest BCUT2D eigenvalue weighted by Gasteiger charge is -2.17. The number of rotatable bonds is 7. The SMILES string of the molecule is CC.CCN(CC)CCCNc1cc(C)ccn1.[I-]. The van der Waals surface area contributed by atoms with Crippen LogP contribution in [-0.4, -0.2) is 36.1 Å². The minimum atomic E-state index is 0. The van der Waals surface area contributed by atoms with Gasteiger partial charge in [-0.2, -0.15) is 0 Å². The van der Waals surface area contributed by atoms with Gasteiger partial charge in [0.25, 0.3) is 0 Å². The number of anilines is 1. The van der Waals surface area contributed by atoms with Crippen LogP contribution in [0.4, 0.5) is 5.82 Å². The lowest BCUT2D eigenvalue weighted by molar-refractivity contribution is -0.00000422. The molecule has 0 spiro atoms. The third-order valence-corrected chi connectivity index (χ3v) is 2.77. The van der Waals surface area contributed by atoms with E-state index in [1.54, 1.807) is 0 Å². The van der Waals surface area contributed by atoms with Crippen LogP contribution in [0.2, 0.25) is 0 Å². The number of nitrogens with zero attached hydrogens (tertiary/aromatic N) is 2. The minimum Gasteiger partial charge on any atom is -1.00 e. The standard InChI is InChI=1S/C13H23N3.C2H6.HI/c1-4-16(5-2)10-6-8-14-13-11-12(3)7-9-15-13;1-2;/h7,9,11H,4-6,8,10H2,1-3H3,(H,14,15);1-2H3;1H/p-1. The molecule has 0 amide bonds. The summed E-state index contributed by atoms with van der Waals surface area (Å²) in [7, 11) is 0. The number of pyridine rings is 1. The van der Waals surface area contributed by atoms with Crippen molar-refractivity contribution in [1.82, 2.24) is 9.88 Å². The molecule has 0 unspecified atom stereocenters. The molecule has 1 aromatic rings. The molecule has 1 aromatic heterocycles. The fourth-order valence-corrected chi connectivity index (χ4v) is 1.69. The summed E-state index contributed by atoms with van der Waals surface area (Å²) in [6, 6.07) is 4.10. The van der Waals surface area contributed by atoms with E-state index < -0.39 is 0 Å². The Labute approximate surface area is 136 Å². The lowest BCUT2D eigenvalue weighted by atomic mass is 10.3. The molecule has 0 aromatic carbocycles. The van der Waals surface area contributed by atoms with E-state index in [1.165, 1.54) is 5.56 Å². The van der Waals surface area contributed by atoms with E-state index >= 15 is 0 Å². The Bertz CT molecular complexity index is 301. The van der Waals surface area contributed by atoms with Crippen LogP contribution in [0.15, 0.2) is 18.3 Å². The number of halogens is 1. The topological polar surface area (TPSA) is 28.2 Å². The second-order valence-electron chi connectivity index (χ2n) is 4.03. The van der Waals surface area contributed by atoms with Gasteiger partial charge in [-0.05, 0) is 50.7 Å². The van der Waals surface area contributed by atoms with Crippen molar-refractivity contribution in [2.75, 3.05) is 31.5 Å². The van der Waals surface area contributed by atoms with Crippen LogP contribution >= 0.6 is 0 Å². The average molecular weight is 378 g/mol. The first-order valence-electron chi connectivity index (χ1n) is 7.15. The van der Waals surface area contributed by atoms with Crippen molar-refractivity contribution in [3.63, 3.8) is 0 Å². The molecule has 4 heteroatoms. The summed E-state index contributed by atoms with van der Waals surface area (Å²) in [6.45, 7) is 14.9. The highest BCUT2D eigenvalue weighted by atomic mass is 127. The Hall–Kier alpha value is -0.360. The maximum Gasteiger partial charge on any atom is 0.126 e. The Balaban J connectivity index is 0. The first-order chi connectivity index (χ1) is 8.76. The van der Waals surface area contributed by atoms with Gasteiger partial charge in [0, 0.05) is 12.7 Å². The Morgan fingerprint density at radius 2 is 1.84 bits per heavy atom. The molecule has 1 N–H and O–H groups in total. The smallest absolute Gasteiger partial charge is 0.126 e. The predicted octanol–water partition coefficient (Wildman–Crippen LogP) is 0.564. The van der Waals surface area contributed by atoms with Gasteiger partial charge >= 0.3 is 0 Å². The van der Waals surface area contributed by atoms with Crippen molar-refractivity contribution in [2.24, 2.45) is 0 Å².